The molecule has 0 aliphatic rings. The Morgan fingerprint density at radius 1 is 1.16 bits per heavy atom. The summed E-state index contributed by atoms with van der Waals surface area (Å²) in [5, 5.41) is 2.64. The van der Waals surface area contributed by atoms with Gasteiger partial charge in [-0.2, -0.15) is 0 Å². The minimum atomic E-state index is -0.555. The van der Waals surface area contributed by atoms with Gasteiger partial charge in [-0.05, 0) is 24.3 Å². The summed E-state index contributed by atoms with van der Waals surface area (Å²) in [4.78, 5) is 11.8. The first-order valence-electron chi connectivity index (χ1n) is 5.54. The number of benzene rings is 2. The molecular formula is C14H10ClF2NO. The second-order valence-electron chi connectivity index (χ2n) is 3.90. The third kappa shape index (κ3) is 3.29. The molecule has 1 amide bonds. The van der Waals surface area contributed by atoms with Crippen LogP contribution in [0, 0.1) is 11.6 Å². The molecule has 0 heterocycles. The largest absolute Gasteiger partial charge is 0.348 e. The highest BCUT2D eigenvalue weighted by Gasteiger charge is 2.11. The average Bonchev–Trinajstić information content (AvgIpc) is 2.40. The number of hydrogen-bond donors (Lipinski definition) is 1. The molecule has 0 bridgehead atoms. The fourth-order valence-corrected chi connectivity index (χ4v) is 1.79. The predicted octanol–water partition coefficient (Wildman–Crippen LogP) is 3.55. The average molecular weight is 282 g/mol. The summed E-state index contributed by atoms with van der Waals surface area (Å²) in [6, 6.07) is 9.59. The van der Waals surface area contributed by atoms with Gasteiger partial charge in [-0.15, -0.1) is 0 Å². The normalized spacial score (nSPS) is 10.3. The third-order valence-electron chi connectivity index (χ3n) is 2.57. The van der Waals surface area contributed by atoms with Crippen LogP contribution in [0.2, 0.25) is 5.02 Å². The molecule has 0 radical (unpaired) electrons. The molecule has 2 nitrogen and oxygen atoms in total. The highest BCUT2D eigenvalue weighted by molar-refractivity contribution is 6.33. The molecule has 2 rings (SSSR count). The Balaban J connectivity index is 2.10. The number of hydrogen-bond acceptors (Lipinski definition) is 1. The number of rotatable bonds is 3. The van der Waals surface area contributed by atoms with E-state index in [1.807, 2.05) is 0 Å². The minimum absolute atomic E-state index is 0.0123. The van der Waals surface area contributed by atoms with Crippen molar-refractivity contribution in [1.82, 2.24) is 5.32 Å². The Morgan fingerprint density at radius 3 is 2.63 bits per heavy atom. The van der Waals surface area contributed by atoms with E-state index in [9.17, 15) is 13.6 Å². The summed E-state index contributed by atoms with van der Waals surface area (Å²) < 4.78 is 26.4. The van der Waals surface area contributed by atoms with Crippen LogP contribution in [0.15, 0.2) is 42.5 Å². The van der Waals surface area contributed by atoms with Crippen LogP contribution in [-0.2, 0) is 6.54 Å². The lowest BCUT2D eigenvalue weighted by atomic mass is 10.2. The molecule has 0 atom stereocenters. The predicted molar refractivity (Wildman–Crippen MR) is 69.0 cm³/mol. The van der Waals surface area contributed by atoms with E-state index in [1.165, 1.54) is 12.1 Å². The first-order chi connectivity index (χ1) is 9.08. The lowest BCUT2D eigenvalue weighted by molar-refractivity contribution is 0.0950. The van der Waals surface area contributed by atoms with Crippen LogP contribution in [0.4, 0.5) is 8.78 Å². The van der Waals surface area contributed by atoms with E-state index in [-0.39, 0.29) is 17.1 Å². The molecule has 0 aliphatic carbocycles. The molecule has 0 fully saturated rings. The van der Waals surface area contributed by atoms with Crippen LogP contribution < -0.4 is 5.32 Å². The molecule has 2 aromatic rings. The summed E-state index contributed by atoms with van der Waals surface area (Å²) >= 11 is 5.80. The van der Waals surface area contributed by atoms with E-state index < -0.39 is 17.5 Å². The maximum Gasteiger partial charge on any atom is 0.253 e. The maximum atomic E-state index is 13.3. The molecule has 0 unspecified atom stereocenters. The Bertz CT molecular complexity index is 616. The SMILES string of the molecule is O=C(NCc1ccccc1F)c1cc(F)ccc1Cl. The fourth-order valence-electron chi connectivity index (χ4n) is 1.58. The Kier molecular flexibility index (Phi) is 4.12. The Hall–Kier alpha value is -1.94. The van der Waals surface area contributed by atoms with Gasteiger partial charge in [0.1, 0.15) is 11.6 Å². The van der Waals surface area contributed by atoms with Crippen LogP contribution in [0.1, 0.15) is 15.9 Å². The highest BCUT2D eigenvalue weighted by atomic mass is 35.5. The number of carbonyl (C=O) groups is 1. The van der Waals surface area contributed by atoms with E-state index in [4.69, 9.17) is 11.6 Å². The molecule has 19 heavy (non-hydrogen) atoms. The highest BCUT2D eigenvalue weighted by Crippen LogP contribution is 2.17. The van der Waals surface area contributed by atoms with Crippen LogP contribution in [0.5, 0.6) is 0 Å². The van der Waals surface area contributed by atoms with Crippen molar-refractivity contribution in [1.29, 1.82) is 0 Å². The zero-order valence-corrected chi connectivity index (χ0v) is 10.5. The Labute approximate surface area is 114 Å². The van der Waals surface area contributed by atoms with Crippen LogP contribution in [-0.4, -0.2) is 5.91 Å². The Morgan fingerprint density at radius 2 is 1.89 bits per heavy atom. The van der Waals surface area contributed by atoms with Gasteiger partial charge >= 0.3 is 0 Å². The third-order valence-corrected chi connectivity index (χ3v) is 2.90. The molecule has 0 spiro atoms. The lowest BCUT2D eigenvalue weighted by Crippen LogP contribution is -2.23. The standard InChI is InChI=1S/C14H10ClF2NO/c15-12-6-5-10(16)7-11(12)14(19)18-8-9-3-1-2-4-13(9)17/h1-7H,8H2,(H,18,19). The molecule has 0 aliphatic heterocycles. The van der Waals surface area contributed by atoms with Crippen molar-refractivity contribution in [3.05, 3.63) is 70.2 Å². The second kappa shape index (κ2) is 5.80. The smallest absolute Gasteiger partial charge is 0.253 e. The molecule has 0 aromatic heterocycles. The molecule has 5 heteroatoms. The van der Waals surface area contributed by atoms with E-state index in [0.29, 0.717) is 5.56 Å². The van der Waals surface area contributed by atoms with Gasteiger partial charge in [0.2, 0.25) is 0 Å². The molecule has 2 aromatic carbocycles. The van der Waals surface area contributed by atoms with Crippen molar-refractivity contribution in [2.24, 2.45) is 0 Å². The summed E-state index contributed by atoms with van der Waals surface area (Å²) in [5.41, 5.74) is 0.376. The van der Waals surface area contributed by atoms with Crippen molar-refractivity contribution >= 4 is 17.5 Å². The van der Waals surface area contributed by atoms with Gasteiger partial charge in [-0.25, -0.2) is 8.78 Å². The summed E-state index contributed by atoms with van der Waals surface area (Å²) in [7, 11) is 0. The molecule has 98 valence electrons. The van der Waals surface area contributed by atoms with Crippen LogP contribution >= 0.6 is 11.6 Å². The van der Waals surface area contributed by atoms with E-state index in [2.05, 4.69) is 5.32 Å². The van der Waals surface area contributed by atoms with Crippen LogP contribution in [0.25, 0.3) is 0 Å². The molecule has 1 N–H and O–H groups in total. The van der Waals surface area contributed by atoms with Gasteiger partial charge in [-0.3, -0.25) is 4.79 Å². The van der Waals surface area contributed by atoms with Crippen LogP contribution in [0.3, 0.4) is 0 Å². The number of nitrogens with one attached hydrogen (secondary N) is 1. The topological polar surface area (TPSA) is 29.1 Å². The quantitative estimate of drug-likeness (QED) is 0.916. The monoisotopic (exact) mass is 281 g/mol. The van der Waals surface area contributed by atoms with E-state index >= 15 is 0 Å². The van der Waals surface area contributed by atoms with Crippen molar-refractivity contribution in [2.45, 2.75) is 6.54 Å². The number of carbonyl (C=O) groups excluding carboxylic acids is 1. The zero-order chi connectivity index (χ0) is 13.8. The van der Waals surface area contributed by atoms with E-state index in [1.54, 1.807) is 18.2 Å². The number of halogens is 3. The molecule has 0 saturated heterocycles. The maximum absolute atomic E-state index is 13.3. The van der Waals surface area contributed by atoms with Crippen molar-refractivity contribution in [3.8, 4) is 0 Å². The summed E-state index contributed by atoms with van der Waals surface area (Å²) in [6.45, 7) is 0.0123. The minimum Gasteiger partial charge on any atom is -0.348 e. The molecular weight excluding hydrogens is 272 g/mol. The number of amides is 1. The van der Waals surface area contributed by atoms with Gasteiger partial charge < -0.3 is 5.32 Å². The van der Waals surface area contributed by atoms with Crippen molar-refractivity contribution in [2.75, 3.05) is 0 Å². The van der Waals surface area contributed by atoms with Crippen molar-refractivity contribution < 1.29 is 13.6 Å². The first-order valence-corrected chi connectivity index (χ1v) is 5.92. The summed E-state index contributed by atoms with van der Waals surface area (Å²) in [5.74, 6) is -1.51. The van der Waals surface area contributed by atoms with Gasteiger partial charge in [0.25, 0.3) is 5.91 Å². The fraction of sp³-hybridized carbons (Fsp3) is 0.0714. The van der Waals surface area contributed by atoms with Crippen molar-refractivity contribution in [3.63, 3.8) is 0 Å². The zero-order valence-electron chi connectivity index (χ0n) is 9.79. The lowest BCUT2D eigenvalue weighted by Gasteiger charge is -2.07. The molecule has 0 saturated carbocycles. The second-order valence-corrected chi connectivity index (χ2v) is 4.31. The summed E-state index contributed by atoms with van der Waals surface area (Å²) in [6.07, 6.45) is 0. The van der Waals surface area contributed by atoms with E-state index in [0.717, 1.165) is 12.1 Å². The first kappa shape index (κ1) is 13.5. The van der Waals surface area contributed by atoms with Gasteiger partial charge in [0.05, 0.1) is 10.6 Å². The van der Waals surface area contributed by atoms with Gasteiger partial charge in [-0.1, -0.05) is 29.8 Å². The van der Waals surface area contributed by atoms with Gasteiger partial charge in [0, 0.05) is 12.1 Å². The van der Waals surface area contributed by atoms with Gasteiger partial charge in [0.15, 0.2) is 0 Å².